The van der Waals surface area contributed by atoms with Gasteiger partial charge in [-0.2, -0.15) is 0 Å². The van der Waals surface area contributed by atoms with Crippen molar-refractivity contribution >= 4 is 17.6 Å². The molecule has 0 bridgehead atoms. The summed E-state index contributed by atoms with van der Waals surface area (Å²) in [6.45, 7) is 3.25. The van der Waals surface area contributed by atoms with Crippen molar-refractivity contribution in [3.05, 3.63) is 70.7 Å². The van der Waals surface area contributed by atoms with Gasteiger partial charge in [0.05, 0.1) is 25.3 Å². The number of hydrogen-bond acceptors (Lipinski definition) is 6. The summed E-state index contributed by atoms with van der Waals surface area (Å²) >= 11 is 0. The van der Waals surface area contributed by atoms with E-state index in [0.29, 0.717) is 31.9 Å². The van der Waals surface area contributed by atoms with Gasteiger partial charge < -0.3 is 24.1 Å². The average Bonchev–Trinajstić information content (AvgIpc) is 3.33. The summed E-state index contributed by atoms with van der Waals surface area (Å²) in [5.41, 5.74) is 0.298. The molecule has 0 radical (unpaired) electrons. The van der Waals surface area contributed by atoms with Crippen molar-refractivity contribution in [2.75, 3.05) is 39.9 Å². The number of nitrogens with zero attached hydrogens (tertiary/aromatic N) is 2. The van der Waals surface area contributed by atoms with Crippen molar-refractivity contribution in [2.24, 2.45) is 0 Å². The molecule has 0 aromatic carbocycles. The molecule has 2 aliphatic heterocycles. The topological polar surface area (TPSA) is 100 Å². The highest BCUT2D eigenvalue weighted by Gasteiger charge is 2.35. The largest absolute Gasteiger partial charge is 0.503 e. The molecule has 2 amide bonds. The molecule has 1 N–H and O–H groups in total. The molecule has 1 saturated heterocycles. The molecule has 32 heavy (non-hydrogen) atoms. The van der Waals surface area contributed by atoms with E-state index in [0.717, 1.165) is 0 Å². The zero-order valence-electron chi connectivity index (χ0n) is 18.0. The Bertz CT molecular complexity index is 1030. The van der Waals surface area contributed by atoms with E-state index >= 15 is 0 Å². The molecule has 1 fully saturated rings. The maximum Gasteiger partial charge on any atom is 0.289 e. The Hall–Kier alpha value is -3.46. The van der Waals surface area contributed by atoms with Crippen LogP contribution in [0.5, 0.6) is 0 Å². The van der Waals surface area contributed by atoms with E-state index in [-0.39, 0.29) is 36.0 Å². The normalized spacial score (nSPS) is 18.0. The van der Waals surface area contributed by atoms with Crippen LogP contribution in [-0.2, 0) is 16.0 Å². The van der Waals surface area contributed by atoms with Gasteiger partial charge in [-0.1, -0.05) is 18.2 Å². The van der Waals surface area contributed by atoms with Crippen LogP contribution in [0.1, 0.15) is 33.6 Å². The van der Waals surface area contributed by atoms with E-state index < -0.39 is 23.3 Å². The number of likely N-dealkylation sites (N-methyl/N-ethyl adjacent to an activating group) is 1. The molecule has 1 aromatic heterocycles. The SMILES string of the molecule is C\C=C/C(F)=C\C=C\Cc1cc(C(=O)N2CCOCC2)oc1C(=O)C1=C(O)C(=O)N(C)C1. The summed E-state index contributed by atoms with van der Waals surface area (Å²) in [6, 6.07) is 1.47. The Balaban J connectivity index is 1.91. The maximum absolute atomic E-state index is 13.5. The lowest BCUT2D eigenvalue weighted by atomic mass is 10.0. The van der Waals surface area contributed by atoms with Crippen molar-refractivity contribution in [1.29, 1.82) is 0 Å². The molecule has 1 aromatic rings. The first-order chi connectivity index (χ1) is 15.3. The number of aliphatic hydroxyl groups is 1. The molecule has 0 spiro atoms. The van der Waals surface area contributed by atoms with Crippen molar-refractivity contribution in [3.63, 3.8) is 0 Å². The Labute approximate surface area is 184 Å². The number of allylic oxidation sites excluding steroid dienone is 6. The van der Waals surface area contributed by atoms with Gasteiger partial charge in [0.1, 0.15) is 5.83 Å². The molecule has 170 valence electrons. The minimum atomic E-state index is -0.666. The third kappa shape index (κ3) is 5.05. The zero-order valence-corrected chi connectivity index (χ0v) is 18.0. The second kappa shape index (κ2) is 10.2. The van der Waals surface area contributed by atoms with Crippen molar-refractivity contribution in [2.45, 2.75) is 13.3 Å². The van der Waals surface area contributed by atoms with Gasteiger partial charge in [-0.3, -0.25) is 14.4 Å². The molecular weight excluding hydrogens is 419 g/mol. The Morgan fingerprint density at radius 2 is 2.00 bits per heavy atom. The number of furan rings is 1. The van der Waals surface area contributed by atoms with Crippen LogP contribution in [0, 0.1) is 0 Å². The summed E-state index contributed by atoms with van der Waals surface area (Å²) in [5, 5.41) is 10.1. The van der Waals surface area contributed by atoms with Crippen LogP contribution in [-0.4, -0.2) is 72.4 Å². The number of Topliss-reactive ketones (excluding diaryl/α,β-unsaturated/α-hetero) is 1. The van der Waals surface area contributed by atoms with Crippen LogP contribution in [0.15, 0.2) is 58.0 Å². The van der Waals surface area contributed by atoms with Crippen molar-refractivity contribution < 1.29 is 33.0 Å². The van der Waals surface area contributed by atoms with E-state index in [2.05, 4.69) is 0 Å². The first kappa shape index (κ1) is 23.2. The summed E-state index contributed by atoms with van der Waals surface area (Å²) in [7, 11) is 1.46. The van der Waals surface area contributed by atoms with Gasteiger partial charge >= 0.3 is 0 Å². The van der Waals surface area contributed by atoms with E-state index in [4.69, 9.17) is 9.15 Å². The molecule has 3 rings (SSSR count). The molecule has 0 aliphatic carbocycles. The number of rotatable bonds is 7. The number of halogens is 1. The number of ether oxygens (including phenoxy) is 1. The Morgan fingerprint density at radius 1 is 1.28 bits per heavy atom. The summed E-state index contributed by atoms with van der Waals surface area (Å²) in [6.07, 6.45) is 7.42. The van der Waals surface area contributed by atoms with Crippen LogP contribution in [0.4, 0.5) is 4.39 Å². The van der Waals surface area contributed by atoms with Crippen LogP contribution < -0.4 is 0 Å². The van der Waals surface area contributed by atoms with Crippen LogP contribution >= 0.6 is 0 Å². The fourth-order valence-corrected chi connectivity index (χ4v) is 3.38. The van der Waals surface area contributed by atoms with E-state index in [9.17, 15) is 23.9 Å². The Kier molecular flexibility index (Phi) is 7.42. The maximum atomic E-state index is 13.5. The standard InChI is InChI=1S/C23H25FN2O6/c1-3-6-16(24)8-5-4-7-15-13-18(22(29)26-9-11-31-12-10-26)32-21(15)19(27)17-14-25(2)23(30)20(17)28/h3-6,8,13,28H,7,9-12,14H2,1-2H3/b5-4+,6-3-,16-8+. The van der Waals surface area contributed by atoms with Crippen LogP contribution in [0.25, 0.3) is 0 Å². The summed E-state index contributed by atoms with van der Waals surface area (Å²) in [5.74, 6) is -2.92. The van der Waals surface area contributed by atoms with E-state index in [1.54, 1.807) is 24.0 Å². The minimum Gasteiger partial charge on any atom is -0.503 e. The highest BCUT2D eigenvalue weighted by molar-refractivity contribution is 6.15. The first-order valence-corrected chi connectivity index (χ1v) is 10.2. The number of ketones is 1. The minimum absolute atomic E-state index is 0.0212. The fraction of sp³-hybridized carbons (Fsp3) is 0.348. The number of hydrogen-bond donors (Lipinski definition) is 1. The third-order valence-electron chi connectivity index (χ3n) is 5.08. The summed E-state index contributed by atoms with van der Waals surface area (Å²) < 4.78 is 24.4. The summed E-state index contributed by atoms with van der Waals surface area (Å²) in [4.78, 5) is 40.6. The number of aliphatic hydroxyl groups excluding tert-OH is 1. The van der Waals surface area contributed by atoms with E-state index in [1.165, 1.54) is 36.2 Å². The Morgan fingerprint density at radius 3 is 2.62 bits per heavy atom. The quantitative estimate of drug-likeness (QED) is 0.513. The molecule has 0 atom stereocenters. The van der Waals surface area contributed by atoms with Gasteiger partial charge in [-0.05, 0) is 31.6 Å². The van der Waals surface area contributed by atoms with Crippen molar-refractivity contribution in [1.82, 2.24) is 9.80 Å². The molecule has 9 heteroatoms. The monoisotopic (exact) mass is 444 g/mol. The second-order valence-corrected chi connectivity index (χ2v) is 7.37. The van der Waals surface area contributed by atoms with Gasteiger partial charge in [-0.15, -0.1) is 0 Å². The van der Waals surface area contributed by atoms with Gasteiger partial charge in [0.25, 0.3) is 11.8 Å². The molecule has 3 heterocycles. The predicted octanol–water partition coefficient (Wildman–Crippen LogP) is 2.75. The number of carbonyl (C=O) groups excluding carboxylic acids is 3. The first-order valence-electron chi connectivity index (χ1n) is 10.2. The van der Waals surface area contributed by atoms with Gasteiger partial charge in [0.15, 0.2) is 17.3 Å². The highest BCUT2D eigenvalue weighted by atomic mass is 19.1. The fourth-order valence-electron chi connectivity index (χ4n) is 3.38. The van der Waals surface area contributed by atoms with Crippen molar-refractivity contribution in [3.8, 4) is 0 Å². The van der Waals surface area contributed by atoms with Gasteiger partial charge in [0, 0.05) is 25.7 Å². The molecule has 0 saturated carbocycles. The second-order valence-electron chi connectivity index (χ2n) is 7.37. The number of amides is 2. The average molecular weight is 444 g/mol. The van der Waals surface area contributed by atoms with Crippen LogP contribution in [0.2, 0.25) is 0 Å². The lowest BCUT2D eigenvalue weighted by Gasteiger charge is -2.25. The molecular formula is C23H25FN2O6. The predicted molar refractivity (Wildman–Crippen MR) is 114 cm³/mol. The molecule has 8 nitrogen and oxygen atoms in total. The third-order valence-corrected chi connectivity index (χ3v) is 5.08. The zero-order chi connectivity index (χ0) is 23.3. The number of carbonyl (C=O) groups is 3. The lowest BCUT2D eigenvalue weighted by Crippen LogP contribution is -2.40. The van der Waals surface area contributed by atoms with Crippen LogP contribution in [0.3, 0.4) is 0 Å². The molecule has 0 unspecified atom stereocenters. The smallest absolute Gasteiger partial charge is 0.289 e. The molecule has 2 aliphatic rings. The lowest BCUT2D eigenvalue weighted by molar-refractivity contribution is -0.126. The van der Waals surface area contributed by atoms with Gasteiger partial charge in [-0.25, -0.2) is 4.39 Å². The number of morpholine rings is 1. The van der Waals surface area contributed by atoms with E-state index in [1.807, 2.05) is 0 Å². The highest BCUT2D eigenvalue weighted by Crippen LogP contribution is 2.26. The van der Waals surface area contributed by atoms with Gasteiger partial charge in [0.2, 0.25) is 5.78 Å².